The predicted octanol–water partition coefficient (Wildman–Crippen LogP) is 3.75. The Bertz CT molecular complexity index is 1090. The molecule has 0 radical (unpaired) electrons. The third-order valence-corrected chi connectivity index (χ3v) is 5.42. The summed E-state index contributed by atoms with van der Waals surface area (Å²) in [4.78, 5) is 19.7. The van der Waals surface area contributed by atoms with E-state index in [1.807, 2.05) is 44.2 Å². The van der Waals surface area contributed by atoms with Gasteiger partial charge in [-0.2, -0.15) is 0 Å². The molecule has 4 rings (SSSR count). The number of nitrogens with one attached hydrogen (secondary N) is 2. The van der Waals surface area contributed by atoms with Crippen molar-refractivity contribution in [3.63, 3.8) is 0 Å². The number of methoxy groups -OCH3 is 1. The Morgan fingerprint density at radius 1 is 1.12 bits per heavy atom. The summed E-state index contributed by atoms with van der Waals surface area (Å²) in [6.45, 7) is 5.66. The summed E-state index contributed by atoms with van der Waals surface area (Å²) in [7, 11) is 1.63. The van der Waals surface area contributed by atoms with Gasteiger partial charge in [-0.25, -0.2) is 4.98 Å². The summed E-state index contributed by atoms with van der Waals surface area (Å²) in [6.07, 6.45) is 0.593. The van der Waals surface area contributed by atoms with E-state index >= 15 is 0 Å². The second-order valence-corrected chi connectivity index (χ2v) is 8.15. The van der Waals surface area contributed by atoms with E-state index in [4.69, 9.17) is 14.2 Å². The van der Waals surface area contributed by atoms with Gasteiger partial charge in [0.05, 0.1) is 7.11 Å². The van der Waals surface area contributed by atoms with E-state index in [1.165, 1.54) is 0 Å². The monoisotopic (exact) mass is 435 g/mol. The number of aromatic amines is 1. The van der Waals surface area contributed by atoms with Crippen LogP contribution in [0.5, 0.6) is 17.2 Å². The first-order valence-corrected chi connectivity index (χ1v) is 10.9. The van der Waals surface area contributed by atoms with Gasteiger partial charge in [-0.05, 0) is 23.3 Å². The maximum atomic E-state index is 12.2. The van der Waals surface area contributed by atoms with Gasteiger partial charge < -0.3 is 24.5 Å². The molecule has 2 aromatic carbocycles. The van der Waals surface area contributed by atoms with Crippen LogP contribution in [-0.4, -0.2) is 30.3 Å². The van der Waals surface area contributed by atoms with Gasteiger partial charge in [0, 0.05) is 36.7 Å². The van der Waals surface area contributed by atoms with Crippen LogP contribution in [-0.2, 0) is 13.0 Å². The van der Waals surface area contributed by atoms with Crippen LogP contribution in [0, 0.1) is 0 Å². The normalized spacial score (nSPS) is 13.8. The molecule has 0 saturated carbocycles. The average molecular weight is 436 g/mol. The Morgan fingerprint density at radius 3 is 2.66 bits per heavy atom. The highest BCUT2D eigenvalue weighted by molar-refractivity contribution is 5.54. The van der Waals surface area contributed by atoms with Crippen molar-refractivity contribution < 1.29 is 14.2 Å². The second-order valence-electron chi connectivity index (χ2n) is 8.15. The number of hydrogen-bond donors (Lipinski definition) is 2. The zero-order chi connectivity index (χ0) is 22.5. The molecule has 32 heavy (non-hydrogen) atoms. The number of benzene rings is 2. The van der Waals surface area contributed by atoms with Gasteiger partial charge in [-0.1, -0.05) is 44.2 Å². The molecule has 0 spiro atoms. The average Bonchev–Trinajstić information content (AvgIpc) is 2.81. The van der Waals surface area contributed by atoms with Crippen LogP contribution in [0.25, 0.3) is 0 Å². The molecule has 7 nitrogen and oxygen atoms in total. The molecule has 0 fully saturated rings. The van der Waals surface area contributed by atoms with Crippen molar-refractivity contribution in [1.29, 1.82) is 0 Å². The molecule has 0 unspecified atom stereocenters. The Balaban J connectivity index is 1.58. The van der Waals surface area contributed by atoms with Gasteiger partial charge in [0.1, 0.15) is 19.0 Å². The molecule has 2 N–H and O–H groups in total. The quantitative estimate of drug-likeness (QED) is 0.561. The molecule has 0 amide bonds. The fraction of sp³-hybridized carbons (Fsp3) is 0.360. The van der Waals surface area contributed by atoms with Crippen molar-refractivity contribution in [1.82, 2.24) is 15.3 Å². The zero-order valence-corrected chi connectivity index (χ0v) is 18.7. The third-order valence-electron chi connectivity index (χ3n) is 5.42. The van der Waals surface area contributed by atoms with Gasteiger partial charge in [0.15, 0.2) is 11.5 Å². The lowest BCUT2D eigenvalue weighted by atomic mass is 10.0. The largest absolute Gasteiger partial charge is 0.493 e. The predicted molar refractivity (Wildman–Crippen MR) is 123 cm³/mol. The van der Waals surface area contributed by atoms with Crippen LogP contribution in [0.15, 0.2) is 53.3 Å². The summed E-state index contributed by atoms with van der Waals surface area (Å²) >= 11 is 0. The fourth-order valence-electron chi connectivity index (χ4n) is 3.78. The highest BCUT2D eigenvalue weighted by Gasteiger charge is 2.20. The molecular weight excluding hydrogens is 406 g/mol. The van der Waals surface area contributed by atoms with Crippen LogP contribution in [0.3, 0.4) is 0 Å². The molecule has 1 aromatic heterocycles. The minimum absolute atomic E-state index is 0.0234. The van der Waals surface area contributed by atoms with Crippen molar-refractivity contribution in [3.8, 4) is 17.2 Å². The number of fused-ring (bicyclic) bond motifs is 1. The van der Waals surface area contributed by atoms with Gasteiger partial charge in [0.2, 0.25) is 5.75 Å². The number of ether oxygens (including phenoxy) is 3. The highest BCUT2D eigenvalue weighted by atomic mass is 16.6. The van der Waals surface area contributed by atoms with E-state index in [2.05, 4.69) is 27.4 Å². The molecule has 2 heterocycles. The molecule has 0 saturated heterocycles. The summed E-state index contributed by atoms with van der Waals surface area (Å²) in [5.74, 6) is 2.86. The number of nitrogens with zero attached hydrogens (tertiary/aromatic N) is 1. The maximum absolute atomic E-state index is 12.2. The van der Waals surface area contributed by atoms with Crippen LogP contribution >= 0.6 is 0 Å². The standard InChI is InChI=1S/C25H29N3O4/c1-16(2)25-27-19(14-23(29)28-25)13-20(18-7-5-4-6-8-18)26-15-17-11-21(30-3)24-22(12-17)31-9-10-32-24/h4-8,11-12,14,16,20,26H,9-10,13,15H2,1-3H3,(H,27,28,29)/t20-/m1/s1. The van der Waals surface area contributed by atoms with Crippen molar-refractivity contribution in [2.24, 2.45) is 0 Å². The number of H-pyrrole nitrogens is 1. The fourth-order valence-corrected chi connectivity index (χ4v) is 3.78. The highest BCUT2D eigenvalue weighted by Crippen LogP contribution is 2.40. The molecule has 3 aromatic rings. The van der Waals surface area contributed by atoms with Crippen molar-refractivity contribution in [3.05, 3.63) is 81.5 Å². The van der Waals surface area contributed by atoms with Crippen LogP contribution in [0.2, 0.25) is 0 Å². The van der Waals surface area contributed by atoms with E-state index in [1.54, 1.807) is 13.2 Å². The first-order chi connectivity index (χ1) is 15.5. The van der Waals surface area contributed by atoms with Crippen LogP contribution < -0.4 is 25.1 Å². The van der Waals surface area contributed by atoms with Crippen LogP contribution in [0.4, 0.5) is 0 Å². The van der Waals surface area contributed by atoms with E-state index in [-0.39, 0.29) is 17.5 Å². The topological polar surface area (TPSA) is 85.5 Å². The first kappa shape index (κ1) is 21.9. The Morgan fingerprint density at radius 2 is 1.91 bits per heavy atom. The summed E-state index contributed by atoms with van der Waals surface area (Å²) in [5, 5.41) is 3.62. The molecular formula is C25H29N3O4. The minimum atomic E-state index is -0.123. The molecule has 7 heteroatoms. The van der Waals surface area contributed by atoms with E-state index in [0.29, 0.717) is 49.3 Å². The minimum Gasteiger partial charge on any atom is -0.493 e. The Kier molecular flexibility index (Phi) is 6.75. The smallest absolute Gasteiger partial charge is 0.251 e. The van der Waals surface area contributed by atoms with Crippen LogP contribution in [0.1, 0.15) is 48.5 Å². The number of rotatable bonds is 8. The number of hydrogen-bond acceptors (Lipinski definition) is 6. The summed E-state index contributed by atoms with van der Waals surface area (Å²) in [5.41, 5.74) is 2.79. The van der Waals surface area contributed by atoms with Crippen molar-refractivity contribution >= 4 is 0 Å². The molecule has 0 bridgehead atoms. The van der Waals surface area contributed by atoms with Gasteiger partial charge in [0.25, 0.3) is 5.56 Å². The molecule has 1 atom stereocenters. The maximum Gasteiger partial charge on any atom is 0.251 e. The van der Waals surface area contributed by atoms with E-state index in [9.17, 15) is 4.79 Å². The molecule has 0 aliphatic carbocycles. The molecule has 1 aliphatic heterocycles. The lowest BCUT2D eigenvalue weighted by Crippen LogP contribution is -2.25. The number of aromatic nitrogens is 2. The first-order valence-electron chi connectivity index (χ1n) is 10.9. The summed E-state index contributed by atoms with van der Waals surface area (Å²) in [6, 6.07) is 15.7. The lowest BCUT2D eigenvalue weighted by molar-refractivity contribution is 0.165. The van der Waals surface area contributed by atoms with Crippen molar-refractivity contribution in [2.75, 3.05) is 20.3 Å². The Hall–Kier alpha value is -3.32. The molecule has 1 aliphatic rings. The van der Waals surface area contributed by atoms with Gasteiger partial charge >= 0.3 is 0 Å². The van der Waals surface area contributed by atoms with E-state index in [0.717, 1.165) is 16.8 Å². The molecule has 168 valence electrons. The SMILES string of the molecule is COc1cc(CN[C@H](Cc2cc(=O)[nH]c(C(C)C)n2)c2ccccc2)cc2c1OCCO2. The lowest BCUT2D eigenvalue weighted by Gasteiger charge is -2.23. The van der Waals surface area contributed by atoms with E-state index < -0.39 is 0 Å². The Labute approximate surface area is 187 Å². The van der Waals surface area contributed by atoms with Gasteiger partial charge in [-0.15, -0.1) is 0 Å². The zero-order valence-electron chi connectivity index (χ0n) is 18.7. The second kappa shape index (κ2) is 9.87. The van der Waals surface area contributed by atoms with Crippen molar-refractivity contribution in [2.45, 2.75) is 38.8 Å². The summed E-state index contributed by atoms with van der Waals surface area (Å²) < 4.78 is 17.0. The van der Waals surface area contributed by atoms with Gasteiger partial charge in [-0.3, -0.25) is 4.79 Å². The third kappa shape index (κ3) is 5.11.